The van der Waals surface area contributed by atoms with Crippen LogP contribution in [0, 0.1) is 17.1 Å². The molecular formula is C23H17ClF4N6O2S. The molecule has 1 N–H and O–H groups in total. The van der Waals surface area contributed by atoms with Crippen LogP contribution in [-0.2, 0) is 16.4 Å². The van der Waals surface area contributed by atoms with Gasteiger partial charge in [0.05, 0.1) is 39.9 Å². The molecule has 37 heavy (non-hydrogen) atoms. The van der Waals surface area contributed by atoms with Gasteiger partial charge in [-0.05, 0) is 43.2 Å². The van der Waals surface area contributed by atoms with Gasteiger partial charge in [-0.3, -0.25) is 9.55 Å². The highest BCUT2D eigenvalue weighted by molar-refractivity contribution is 7.89. The van der Waals surface area contributed by atoms with Gasteiger partial charge in [0.15, 0.2) is 0 Å². The topological polar surface area (TPSA) is 114 Å². The van der Waals surface area contributed by atoms with Gasteiger partial charge in [-0.15, -0.1) is 0 Å². The highest BCUT2D eigenvalue weighted by atomic mass is 35.5. The third kappa shape index (κ3) is 5.00. The summed E-state index contributed by atoms with van der Waals surface area (Å²) in [5, 5.41) is 10.5. The monoisotopic (exact) mass is 552 g/mol. The second-order valence-corrected chi connectivity index (χ2v) is 10.1. The Kier molecular flexibility index (Phi) is 6.93. The number of hydrogen-bond donors (Lipinski definition) is 1. The van der Waals surface area contributed by atoms with Crippen LogP contribution in [0.5, 0.6) is 0 Å². The number of nitrogens with zero attached hydrogens (tertiary/aromatic N) is 5. The molecule has 0 radical (unpaired) electrons. The summed E-state index contributed by atoms with van der Waals surface area (Å²) in [6.07, 6.45) is -0.905. The molecule has 14 heteroatoms. The van der Waals surface area contributed by atoms with Gasteiger partial charge in [0.25, 0.3) is 0 Å². The van der Waals surface area contributed by atoms with Gasteiger partial charge in [0, 0.05) is 11.6 Å². The van der Waals surface area contributed by atoms with E-state index < -0.39 is 33.0 Å². The summed E-state index contributed by atoms with van der Waals surface area (Å²) in [6.45, 7) is 2.43. The van der Waals surface area contributed by atoms with E-state index >= 15 is 0 Å². The van der Waals surface area contributed by atoms with Crippen LogP contribution in [-0.4, -0.2) is 40.2 Å². The van der Waals surface area contributed by atoms with Crippen molar-refractivity contribution in [2.75, 3.05) is 0 Å². The lowest BCUT2D eigenvalue weighted by Crippen LogP contribution is -2.42. The molecule has 192 valence electrons. The smallest absolute Gasteiger partial charge is 0.275 e. The van der Waals surface area contributed by atoms with Crippen molar-refractivity contribution in [3.05, 3.63) is 64.8 Å². The van der Waals surface area contributed by atoms with Crippen molar-refractivity contribution in [3.8, 4) is 23.4 Å². The van der Waals surface area contributed by atoms with Crippen LogP contribution in [0.3, 0.4) is 0 Å². The molecule has 0 bridgehead atoms. The molecule has 1 aromatic carbocycles. The maximum atomic E-state index is 14.7. The number of fused-ring (bicyclic) bond motifs is 1. The Hall–Kier alpha value is -3.60. The Labute approximate surface area is 213 Å². The van der Waals surface area contributed by atoms with Crippen LogP contribution in [0.4, 0.5) is 17.6 Å². The van der Waals surface area contributed by atoms with Crippen molar-refractivity contribution in [3.63, 3.8) is 0 Å². The van der Waals surface area contributed by atoms with Gasteiger partial charge in [0.2, 0.25) is 16.0 Å². The van der Waals surface area contributed by atoms with E-state index in [9.17, 15) is 31.2 Å². The number of aromatic nitrogens is 4. The summed E-state index contributed by atoms with van der Waals surface area (Å²) < 4.78 is 81.1. The van der Waals surface area contributed by atoms with Crippen LogP contribution in [0.15, 0.2) is 47.8 Å². The zero-order valence-corrected chi connectivity index (χ0v) is 20.7. The summed E-state index contributed by atoms with van der Waals surface area (Å²) in [7, 11) is -4.56. The molecule has 8 nitrogen and oxygen atoms in total. The Morgan fingerprint density at radius 1 is 1.16 bits per heavy atom. The fourth-order valence-corrected chi connectivity index (χ4v) is 4.92. The molecule has 4 rings (SSSR count). The maximum Gasteiger partial charge on any atom is 0.404 e. The first kappa shape index (κ1) is 26.5. The van der Waals surface area contributed by atoms with E-state index in [0.717, 1.165) is 12.3 Å². The molecule has 3 aromatic heterocycles. The highest BCUT2D eigenvalue weighted by Crippen LogP contribution is 2.36. The number of hydrogen-bond acceptors (Lipinski definition) is 6. The lowest BCUT2D eigenvalue weighted by Gasteiger charge is -2.17. The first-order chi connectivity index (χ1) is 17.4. The summed E-state index contributed by atoms with van der Waals surface area (Å²) in [5.74, 6) is -0.440. The van der Waals surface area contributed by atoms with Gasteiger partial charge in [0.1, 0.15) is 22.8 Å². The Morgan fingerprint density at radius 2 is 1.84 bits per heavy atom. The lowest BCUT2D eigenvalue weighted by atomic mass is 10.1. The predicted molar refractivity (Wildman–Crippen MR) is 127 cm³/mol. The van der Waals surface area contributed by atoms with Crippen molar-refractivity contribution in [2.45, 2.75) is 37.4 Å². The number of alkyl halides is 3. The fourth-order valence-electron chi connectivity index (χ4n) is 3.65. The van der Waals surface area contributed by atoms with Crippen molar-refractivity contribution in [2.24, 2.45) is 0 Å². The van der Waals surface area contributed by atoms with Gasteiger partial charge in [-0.1, -0.05) is 18.5 Å². The molecule has 0 saturated carbocycles. The van der Waals surface area contributed by atoms with Crippen LogP contribution < -0.4 is 4.72 Å². The summed E-state index contributed by atoms with van der Waals surface area (Å²) >= 11 is 5.92. The molecule has 0 fully saturated rings. The van der Waals surface area contributed by atoms with E-state index in [4.69, 9.17) is 11.6 Å². The van der Waals surface area contributed by atoms with E-state index in [0.29, 0.717) is 24.4 Å². The molecule has 0 aliphatic rings. The van der Waals surface area contributed by atoms with Crippen molar-refractivity contribution >= 4 is 32.5 Å². The van der Waals surface area contributed by atoms with Crippen molar-refractivity contribution < 1.29 is 26.0 Å². The standard InChI is InChI=1S/C23H17ClF4N6O2S/c1-3-13-6-20-16(7-18(13)25)17(8-29)21(34(20)22-31-9-14(24)10-32-22)19-5-4-15(11-30-19)37(35,36)33-12(2)23(26,27)28/h4-7,9-12,33H,3H2,1-2H3. The number of nitrogens with one attached hydrogen (secondary N) is 1. The number of sulfonamides is 1. The average molecular weight is 553 g/mol. The maximum absolute atomic E-state index is 14.7. The normalized spacial score (nSPS) is 13.0. The molecule has 0 amide bonds. The fraction of sp³-hybridized carbons (Fsp3) is 0.217. The van der Waals surface area contributed by atoms with Crippen molar-refractivity contribution in [1.29, 1.82) is 5.26 Å². The summed E-state index contributed by atoms with van der Waals surface area (Å²) in [5.41, 5.74) is 0.990. The predicted octanol–water partition coefficient (Wildman–Crippen LogP) is 4.94. The molecule has 1 unspecified atom stereocenters. The van der Waals surface area contributed by atoms with Crippen LogP contribution >= 0.6 is 11.6 Å². The van der Waals surface area contributed by atoms with E-state index in [-0.39, 0.29) is 33.3 Å². The third-order valence-corrected chi connectivity index (χ3v) is 7.27. The summed E-state index contributed by atoms with van der Waals surface area (Å²) in [4.78, 5) is 12.0. The Morgan fingerprint density at radius 3 is 2.38 bits per heavy atom. The molecule has 0 aliphatic heterocycles. The van der Waals surface area contributed by atoms with Crippen LogP contribution in [0.1, 0.15) is 25.0 Å². The number of benzene rings is 1. The highest BCUT2D eigenvalue weighted by Gasteiger charge is 2.39. The van der Waals surface area contributed by atoms with Gasteiger partial charge in [-0.25, -0.2) is 22.8 Å². The SMILES string of the molecule is CCc1cc2c(cc1F)c(C#N)c(-c1ccc(S(=O)(=O)NC(C)C(F)(F)F)cn1)n2-c1ncc(Cl)cn1. The van der Waals surface area contributed by atoms with Gasteiger partial charge >= 0.3 is 6.18 Å². The molecule has 0 aliphatic carbocycles. The zero-order valence-electron chi connectivity index (χ0n) is 19.2. The largest absolute Gasteiger partial charge is 0.404 e. The van der Waals surface area contributed by atoms with Crippen molar-refractivity contribution in [1.82, 2.24) is 24.2 Å². The minimum atomic E-state index is -4.78. The number of aryl methyl sites for hydroxylation is 1. The van der Waals surface area contributed by atoms with Gasteiger partial charge < -0.3 is 0 Å². The van der Waals surface area contributed by atoms with E-state index in [1.54, 1.807) is 17.7 Å². The lowest BCUT2D eigenvalue weighted by molar-refractivity contribution is -0.147. The van der Waals surface area contributed by atoms with E-state index in [2.05, 4.69) is 15.0 Å². The number of pyridine rings is 1. The first-order valence-corrected chi connectivity index (χ1v) is 12.5. The molecule has 0 saturated heterocycles. The molecule has 0 spiro atoms. The molecule has 3 heterocycles. The minimum absolute atomic E-state index is 0.0158. The summed E-state index contributed by atoms with van der Waals surface area (Å²) in [6, 6.07) is 4.74. The second-order valence-electron chi connectivity index (χ2n) is 7.95. The van der Waals surface area contributed by atoms with E-state index in [1.165, 1.54) is 29.1 Å². The molecule has 4 aromatic rings. The van der Waals surface area contributed by atoms with E-state index in [1.807, 2.05) is 6.07 Å². The number of rotatable bonds is 6. The van der Waals surface area contributed by atoms with Crippen LogP contribution in [0.2, 0.25) is 5.02 Å². The minimum Gasteiger partial charge on any atom is -0.275 e. The number of halogens is 5. The zero-order chi connectivity index (χ0) is 27.1. The average Bonchev–Trinajstić information content (AvgIpc) is 3.16. The Balaban J connectivity index is 1.92. The number of nitriles is 1. The third-order valence-electron chi connectivity index (χ3n) is 5.55. The Bertz CT molecular complexity index is 1630. The molecular weight excluding hydrogens is 536 g/mol. The van der Waals surface area contributed by atoms with Gasteiger partial charge in [-0.2, -0.15) is 23.2 Å². The molecule has 1 atom stereocenters. The second kappa shape index (κ2) is 9.70. The quantitative estimate of drug-likeness (QED) is 0.339. The first-order valence-electron chi connectivity index (χ1n) is 10.7. The van der Waals surface area contributed by atoms with Crippen LogP contribution in [0.25, 0.3) is 28.2 Å².